The lowest BCUT2D eigenvalue weighted by atomic mass is 9.88. The molecule has 0 bridgehead atoms. The maximum Gasteiger partial charge on any atom is 0.0262 e. The minimum absolute atomic E-state index is 0.992. The fourth-order valence-corrected chi connectivity index (χ4v) is 3.90. The zero-order valence-electron chi connectivity index (χ0n) is 14.6. The molecule has 0 saturated heterocycles. The predicted molar refractivity (Wildman–Crippen MR) is 108 cm³/mol. The van der Waals surface area contributed by atoms with E-state index in [9.17, 15) is 0 Å². The van der Waals surface area contributed by atoms with Crippen molar-refractivity contribution in [3.63, 3.8) is 0 Å². The van der Waals surface area contributed by atoms with E-state index in [-0.39, 0.29) is 0 Å². The lowest BCUT2D eigenvalue weighted by Gasteiger charge is -2.16. The van der Waals surface area contributed by atoms with Crippen LogP contribution in [0.1, 0.15) is 31.4 Å². The second-order valence-electron chi connectivity index (χ2n) is 6.77. The van der Waals surface area contributed by atoms with Crippen molar-refractivity contribution in [1.29, 1.82) is 5.41 Å². The summed E-state index contributed by atoms with van der Waals surface area (Å²) in [7, 11) is 0. The Labute approximate surface area is 148 Å². The average Bonchev–Trinajstić information content (AvgIpc) is 2.98. The molecule has 0 amide bonds. The molecule has 0 heterocycles. The van der Waals surface area contributed by atoms with Crippen LogP contribution in [0.4, 0.5) is 0 Å². The number of hydrogen-bond acceptors (Lipinski definition) is 1. The highest BCUT2D eigenvalue weighted by molar-refractivity contribution is 6.06. The van der Waals surface area contributed by atoms with Crippen LogP contribution in [0.5, 0.6) is 0 Å². The van der Waals surface area contributed by atoms with Gasteiger partial charge >= 0.3 is 0 Å². The summed E-state index contributed by atoms with van der Waals surface area (Å²) in [6.45, 7) is 4.39. The molecule has 0 spiro atoms. The molecule has 1 heteroatoms. The first-order valence-corrected chi connectivity index (χ1v) is 8.68. The zero-order chi connectivity index (χ0) is 17.4. The normalized spacial score (nSPS) is 14.1. The number of rotatable bonds is 3. The Balaban J connectivity index is 1.97. The van der Waals surface area contributed by atoms with E-state index < -0.39 is 0 Å². The largest absolute Gasteiger partial charge is 0.308 e. The number of allylic oxidation sites excluding steroid dienone is 4. The third kappa shape index (κ3) is 2.62. The molecular formula is C24H21N. The van der Waals surface area contributed by atoms with E-state index in [1.54, 1.807) is 0 Å². The van der Waals surface area contributed by atoms with Crippen LogP contribution in [0.15, 0.2) is 77.9 Å². The van der Waals surface area contributed by atoms with Crippen LogP contribution in [0, 0.1) is 5.41 Å². The summed E-state index contributed by atoms with van der Waals surface area (Å²) in [5.74, 6) is 0. The summed E-state index contributed by atoms with van der Waals surface area (Å²) >= 11 is 0. The summed E-state index contributed by atoms with van der Waals surface area (Å²) < 4.78 is 0. The van der Waals surface area contributed by atoms with Gasteiger partial charge < -0.3 is 5.41 Å². The number of benzene rings is 3. The van der Waals surface area contributed by atoms with Gasteiger partial charge in [0.15, 0.2) is 0 Å². The number of fused-ring (bicyclic) bond motifs is 1. The smallest absolute Gasteiger partial charge is 0.0262 e. The standard InChI is InChI=1S/C24H21N/c1-16-13-17(2)23(14-16)21-10-6-5-9-20(21)22-12-11-18-7-3-4-8-19(18)24(22)15-25/h3-13,15,25H,14H2,1-2H3. The van der Waals surface area contributed by atoms with Gasteiger partial charge in [-0.15, -0.1) is 0 Å². The van der Waals surface area contributed by atoms with Crippen LogP contribution in [-0.2, 0) is 0 Å². The first kappa shape index (κ1) is 15.6. The van der Waals surface area contributed by atoms with Gasteiger partial charge in [0.05, 0.1) is 0 Å². The maximum atomic E-state index is 8.02. The SMILES string of the molecule is CC1=CC(C)=C(c2ccccc2-c2ccc3ccccc3c2C=N)C1. The molecule has 25 heavy (non-hydrogen) atoms. The summed E-state index contributed by atoms with van der Waals surface area (Å²) in [5, 5.41) is 10.3. The maximum absolute atomic E-state index is 8.02. The van der Waals surface area contributed by atoms with Crippen molar-refractivity contribution in [2.45, 2.75) is 20.3 Å². The van der Waals surface area contributed by atoms with E-state index in [2.05, 4.69) is 68.5 Å². The minimum atomic E-state index is 0.992. The molecule has 0 aliphatic heterocycles. The third-order valence-electron chi connectivity index (χ3n) is 5.05. The van der Waals surface area contributed by atoms with Crippen molar-refractivity contribution in [2.75, 3.05) is 0 Å². The Hall–Kier alpha value is -2.93. The first-order valence-electron chi connectivity index (χ1n) is 8.68. The lowest BCUT2D eigenvalue weighted by molar-refractivity contribution is 1.26. The van der Waals surface area contributed by atoms with Crippen LogP contribution < -0.4 is 0 Å². The van der Waals surface area contributed by atoms with Crippen LogP contribution >= 0.6 is 0 Å². The van der Waals surface area contributed by atoms with Crippen molar-refractivity contribution in [2.24, 2.45) is 0 Å². The molecule has 4 rings (SSSR count). The number of nitrogens with one attached hydrogen (secondary N) is 1. The Kier molecular flexibility index (Phi) is 3.85. The Morgan fingerprint density at radius 1 is 0.800 bits per heavy atom. The molecule has 3 aromatic rings. The fourth-order valence-electron chi connectivity index (χ4n) is 3.90. The van der Waals surface area contributed by atoms with Gasteiger partial charge in [0.2, 0.25) is 0 Å². The second kappa shape index (κ2) is 6.18. The summed E-state index contributed by atoms with van der Waals surface area (Å²) in [6.07, 6.45) is 4.79. The zero-order valence-corrected chi connectivity index (χ0v) is 14.6. The monoisotopic (exact) mass is 323 g/mol. The van der Waals surface area contributed by atoms with E-state index in [1.165, 1.54) is 39.4 Å². The topological polar surface area (TPSA) is 23.9 Å². The van der Waals surface area contributed by atoms with E-state index in [0.717, 1.165) is 22.9 Å². The van der Waals surface area contributed by atoms with Gasteiger partial charge in [0.25, 0.3) is 0 Å². The molecule has 0 saturated carbocycles. The van der Waals surface area contributed by atoms with Crippen molar-refractivity contribution in [1.82, 2.24) is 0 Å². The molecule has 1 nitrogen and oxygen atoms in total. The average molecular weight is 323 g/mol. The highest BCUT2D eigenvalue weighted by Gasteiger charge is 2.17. The van der Waals surface area contributed by atoms with Gasteiger partial charge in [-0.1, -0.05) is 72.3 Å². The molecule has 0 fully saturated rings. The quantitative estimate of drug-likeness (QED) is 0.523. The molecule has 1 aliphatic rings. The highest BCUT2D eigenvalue weighted by atomic mass is 14.3. The summed E-state index contributed by atoms with van der Waals surface area (Å²) in [5.41, 5.74) is 8.78. The molecule has 0 atom stereocenters. The highest BCUT2D eigenvalue weighted by Crippen LogP contribution is 2.39. The van der Waals surface area contributed by atoms with E-state index in [4.69, 9.17) is 5.41 Å². The molecule has 0 aromatic heterocycles. The Morgan fingerprint density at radius 3 is 2.24 bits per heavy atom. The van der Waals surface area contributed by atoms with E-state index in [1.807, 2.05) is 12.1 Å². The third-order valence-corrected chi connectivity index (χ3v) is 5.05. The Bertz CT molecular complexity index is 1050. The fraction of sp³-hybridized carbons (Fsp3) is 0.125. The molecule has 1 aliphatic carbocycles. The van der Waals surface area contributed by atoms with Gasteiger partial charge in [-0.25, -0.2) is 0 Å². The van der Waals surface area contributed by atoms with E-state index in [0.29, 0.717) is 0 Å². The van der Waals surface area contributed by atoms with Gasteiger partial charge in [-0.3, -0.25) is 0 Å². The Morgan fingerprint density at radius 2 is 1.52 bits per heavy atom. The van der Waals surface area contributed by atoms with Crippen molar-refractivity contribution in [3.05, 3.63) is 89.0 Å². The predicted octanol–water partition coefficient (Wildman–Crippen LogP) is 6.63. The molecule has 0 unspecified atom stereocenters. The molecular weight excluding hydrogens is 302 g/mol. The minimum Gasteiger partial charge on any atom is -0.308 e. The lowest BCUT2D eigenvalue weighted by Crippen LogP contribution is -1.95. The van der Waals surface area contributed by atoms with Gasteiger partial charge in [0.1, 0.15) is 0 Å². The second-order valence-corrected chi connectivity index (χ2v) is 6.77. The van der Waals surface area contributed by atoms with Crippen molar-refractivity contribution < 1.29 is 0 Å². The first-order chi connectivity index (χ1) is 12.2. The van der Waals surface area contributed by atoms with Crippen LogP contribution in [-0.4, -0.2) is 6.21 Å². The summed E-state index contributed by atoms with van der Waals surface area (Å²) in [4.78, 5) is 0. The van der Waals surface area contributed by atoms with Crippen LogP contribution in [0.25, 0.3) is 27.5 Å². The van der Waals surface area contributed by atoms with Crippen LogP contribution in [0.2, 0.25) is 0 Å². The van der Waals surface area contributed by atoms with Gasteiger partial charge in [-0.2, -0.15) is 0 Å². The molecule has 1 N–H and O–H groups in total. The van der Waals surface area contributed by atoms with Crippen molar-refractivity contribution in [3.8, 4) is 11.1 Å². The van der Waals surface area contributed by atoms with Crippen LogP contribution in [0.3, 0.4) is 0 Å². The molecule has 122 valence electrons. The molecule has 3 aromatic carbocycles. The van der Waals surface area contributed by atoms with Gasteiger partial charge in [0, 0.05) is 11.8 Å². The van der Waals surface area contributed by atoms with Gasteiger partial charge in [-0.05, 0) is 58.9 Å². The van der Waals surface area contributed by atoms with Crippen molar-refractivity contribution >= 4 is 22.6 Å². The number of hydrogen-bond donors (Lipinski definition) is 1. The summed E-state index contributed by atoms with van der Waals surface area (Å²) in [6, 6.07) is 21.2. The molecule has 0 radical (unpaired) electrons. The van der Waals surface area contributed by atoms with E-state index >= 15 is 0 Å².